The first kappa shape index (κ1) is 8.58. The molecule has 1 aromatic heterocycles. The van der Waals surface area contributed by atoms with Gasteiger partial charge in [-0.3, -0.25) is 0 Å². The van der Waals surface area contributed by atoms with Gasteiger partial charge in [0.2, 0.25) is 0 Å². The molecule has 1 fully saturated rings. The van der Waals surface area contributed by atoms with Gasteiger partial charge in [0, 0.05) is 10.3 Å². The van der Waals surface area contributed by atoms with Crippen LogP contribution in [-0.4, -0.2) is 5.38 Å². The third kappa shape index (κ3) is 1.83. The molecule has 1 saturated carbocycles. The van der Waals surface area contributed by atoms with Crippen LogP contribution in [0.1, 0.15) is 30.1 Å². The second-order valence-corrected chi connectivity index (χ2v) is 4.86. The van der Waals surface area contributed by atoms with Crippen molar-refractivity contribution in [2.24, 2.45) is 0 Å². The SMILES string of the molecule is ClC1C[CH]C(c2cccs2)CC1. The van der Waals surface area contributed by atoms with Gasteiger partial charge in [0.25, 0.3) is 0 Å². The lowest BCUT2D eigenvalue weighted by molar-refractivity contribution is 0.545. The van der Waals surface area contributed by atoms with Gasteiger partial charge in [-0.25, -0.2) is 0 Å². The molecule has 12 heavy (non-hydrogen) atoms. The van der Waals surface area contributed by atoms with Crippen molar-refractivity contribution in [2.45, 2.75) is 30.6 Å². The van der Waals surface area contributed by atoms with Crippen LogP contribution in [0.2, 0.25) is 0 Å². The van der Waals surface area contributed by atoms with Crippen molar-refractivity contribution in [3.63, 3.8) is 0 Å². The maximum Gasteiger partial charge on any atom is 0.0339 e. The van der Waals surface area contributed by atoms with Gasteiger partial charge in [0.1, 0.15) is 0 Å². The minimum absolute atomic E-state index is 0.390. The van der Waals surface area contributed by atoms with Crippen molar-refractivity contribution in [3.05, 3.63) is 28.8 Å². The van der Waals surface area contributed by atoms with Crippen LogP contribution in [0, 0.1) is 6.42 Å². The van der Waals surface area contributed by atoms with E-state index in [1.165, 1.54) is 17.7 Å². The third-order valence-corrected chi connectivity index (χ3v) is 3.78. The number of hydrogen-bond acceptors (Lipinski definition) is 1. The molecule has 1 aromatic rings. The maximum atomic E-state index is 6.02. The van der Waals surface area contributed by atoms with Gasteiger partial charge < -0.3 is 0 Å². The Morgan fingerprint density at radius 2 is 2.33 bits per heavy atom. The molecule has 2 rings (SSSR count). The molecule has 1 radical (unpaired) electrons. The highest BCUT2D eigenvalue weighted by Crippen LogP contribution is 2.35. The number of thiophene rings is 1. The van der Waals surface area contributed by atoms with Crippen LogP contribution in [0.5, 0.6) is 0 Å². The summed E-state index contributed by atoms with van der Waals surface area (Å²) in [6.07, 6.45) is 5.84. The van der Waals surface area contributed by atoms with Crippen LogP contribution < -0.4 is 0 Å². The molecule has 2 unspecified atom stereocenters. The largest absolute Gasteiger partial charge is 0.149 e. The normalized spacial score (nSPS) is 30.4. The highest BCUT2D eigenvalue weighted by molar-refractivity contribution is 7.10. The fourth-order valence-electron chi connectivity index (χ4n) is 1.67. The second-order valence-electron chi connectivity index (χ2n) is 3.27. The van der Waals surface area contributed by atoms with E-state index in [-0.39, 0.29) is 0 Å². The van der Waals surface area contributed by atoms with Gasteiger partial charge in [-0.15, -0.1) is 22.9 Å². The molecular formula is C10H12ClS. The van der Waals surface area contributed by atoms with Crippen LogP contribution in [0.4, 0.5) is 0 Å². The molecule has 2 atom stereocenters. The Labute approximate surface area is 82.6 Å². The Hall–Kier alpha value is -0.0100. The zero-order valence-corrected chi connectivity index (χ0v) is 8.44. The highest BCUT2D eigenvalue weighted by Gasteiger charge is 2.21. The van der Waals surface area contributed by atoms with Crippen molar-refractivity contribution in [1.82, 2.24) is 0 Å². The van der Waals surface area contributed by atoms with E-state index < -0.39 is 0 Å². The van der Waals surface area contributed by atoms with E-state index in [9.17, 15) is 0 Å². The van der Waals surface area contributed by atoms with Crippen LogP contribution in [0.3, 0.4) is 0 Å². The zero-order chi connectivity index (χ0) is 8.39. The summed E-state index contributed by atoms with van der Waals surface area (Å²) in [6.45, 7) is 0. The number of hydrogen-bond donors (Lipinski definition) is 0. The lowest BCUT2D eigenvalue weighted by atomic mass is 9.88. The molecule has 0 aliphatic heterocycles. The van der Waals surface area contributed by atoms with E-state index in [1.54, 1.807) is 0 Å². The molecule has 0 bridgehead atoms. The minimum atomic E-state index is 0.390. The summed E-state index contributed by atoms with van der Waals surface area (Å²) in [6, 6.07) is 4.35. The Bertz CT molecular complexity index is 222. The predicted octanol–water partition coefficient (Wildman–Crippen LogP) is 3.83. The molecule has 0 spiro atoms. The van der Waals surface area contributed by atoms with E-state index in [1.807, 2.05) is 11.3 Å². The number of rotatable bonds is 1. The van der Waals surface area contributed by atoms with Crippen LogP contribution in [-0.2, 0) is 0 Å². The summed E-state index contributed by atoms with van der Waals surface area (Å²) in [4.78, 5) is 1.50. The van der Waals surface area contributed by atoms with E-state index in [0.717, 1.165) is 6.42 Å². The minimum Gasteiger partial charge on any atom is -0.149 e. The van der Waals surface area contributed by atoms with Crippen LogP contribution >= 0.6 is 22.9 Å². The van der Waals surface area contributed by atoms with Gasteiger partial charge in [0.15, 0.2) is 0 Å². The van der Waals surface area contributed by atoms with Crippen molar-refractivity contribution >= 4 is 22.9 Å². The summed E-state index contributed by atoms with van der Waals surface area (Å²) in [5, 5.41) is 2.54. The van der Waals surface area contributed by atoms with Gasteiger partial charge in [-0.2, -0.15) is 0 Å². The Morgan fingerprint density at radius 1 is 1.42 bits per heavy atom. The summed E-state index contributed by atoms with van der Waals surface area (Å²) >= 11 is 7.87. The Morgan fingerprint density at radius 3 is 2.92 bits per heavy atom. The van der Waals surface area contributed by atoms with Crippen LogP contribution in [0.25, 0.3) is 0 Å². The lowest BCUT2D eigenvalue weighted by Gasteiger charge is -2.23. The zero-order valence-electron chi connectivity index (χ0n) is 6.87. The molecule has 1 heterocycles. The van der Waals surface area contributed by atoms with Crippen LogP contribution in [0.15, 0.2) is 17.5 Å². The maximum absolute atomic E-state index is 6.02. The molecule has 0 saturated heterocycles. The first-order valence-electron chi connectivity index (χ1n) is 4.37. The summed E-state index contributed by atoms with van der Waals surface area (Å²) < 4.78 is 0. The molecule has 0 amide bonds. The smallest absolute Gasteiger partial charge is 0.0339 e. The molecule has 0 nitrogen and oxygen atoms in total. The monoisotopic (exact) mass is 199 g/mol. The van der Waals surface area contributed by atoms with Gasteiger partial charge in [-0.05, 0) is 43.0 Å². The van der Waals surface area contributed by atoms with E-state index in [2.05, 4.69) is 23.9 Å². The fraction of sp³-hybridized carbons (Fsp3) is 0.500. The summed E-state index contributed by atoms with van der Waals surface area (Å²) in [7, 11) is 0. The predicted molar refractivity (Wildman–Crippen MR) is 54.9 cm³/mol. The summed E-state index contributed by atoms with van der Waals surface area (Å²) in [5.41, 5.74) is 0. The van der Waals surface area contributed by atoms with Crippen molar-refractivity contribution in [3.8, 4) is 0 Å². The molecule has 2 heteroatoms. The molecule has 1 aliphatic carbocycles. The topological polar surface area (TPSA) is 0 Å². The quantitative estimate of drug-likeness (QED) is 0.604. The van der Waals surface area contributed by atoms with Gasteiger partial charge >= 0.3 is 0 Å². The molecule has 0 N–H and O–H groups in total. The first-order valence-corrected chi connectivity index (χ1v) is 5.68. The second kappa shape index (κ2) is 3.80. The molecular weight excluding hydrogens is 188 g/mol. The highest BCUT2D eigenvalue weighted by atomic mass is 35.5. The first-order chi connectivity index (χ1) is 5.86. The lowest BCUT2D eigenvalue weighted by Crippen LogP contribution is -2.12. The third-order valence-electron chi connectivity index (χ3n) is 2.38. The van der Waals surface area contributed by atoms with Gasteiger partial charge in [-0.1, -0.05) is 6.07 Å². The van der Waals surface area contributed by atoms with E-state index >= 15 is 0 Å². The Kier molecular flexibility index (Phi) is 2.72. The van der Waals surface area contributed by atoms with Crippen molar-refractivity contribution < 1.29 is 0 Å². The molecule has 0 aromatic carbocycles. The fourth-order valence-corrected chi connectivity index (χ4v) is 2.76. The van der Waals surface area contributed by atoms with E-state index in [0.29, 0.717) is 11.3 Å². The number of halogens is 1. The average molecular weight is 200 g/mol. The van der Waals surface area contributed by atoms with Gasteiger partial charge in [0.05, 0.1) is 0 Å². The van der Waals surface area contributed by atoms with E-state index in [4.69, 9.17) is 11.6 Å². The standard InChI is InChI=1S/C10H12ClS/c11-9-5-3-8(4-6-9)10-2-1-7-12-10/h1-3,7-9H,4-6H2. The number of alkyl halides is 1. The van der Waals surface area contributed by atoms with Crippen molar-refractivity contribution in [2.75, 3.05) is 0 Å². The average Bonchev–Trinajstić information content (AvgIpc) is 2.58. The molecule has 65 valence electrons. The summed E-state index contributed by atoms with van der Waals surface area (Å²) in [5.74, 6) is 0.681. The van der Waals surface area contributed by atoms with Crippen molar-refractivity contribution in [1.29, 1.82) is 0 Å². The molecule has 1 aliphatic rings. The Balaban J connectivity index is 1.99.